The van der Waals surface area contributed by atoms with Crippen molar-refractivity contribution in [2.24, 2.45) is 5.73 Å². The van der Waals surface area contributed by atoms with E-state index in [9.17, 15) is 0 Å². The maximum atomic E-state index is 5.87. The van der Waals surface area contributed by atoms with Gasteiger partial charge in [-0.3, -0.25) is 0 Å². The van der Waals surface area contributed by atoms with Crippen LogP contribution in [0.25, 0.3) is 0 Å². The van der Waals surface area contributed by atoms with Crippen LogP contribution in [-0.4, -0.2) is 11.1 Å². The lowest BCUT2D eigenvalue weighted by Gasteiger charge is -2.21. The van der Waals surface area contributed by atoms with E-state index >= 15 is 0 Å². The van der Waals surface area contributed by atoms with Crippen LogP contribution in [0, 0.1) is 0 Å². The van der Waals surface area contributed by atoms with Gasteiger partial charge in [-0.05, 0) is 29.5 Å². The van der Waals surface area contributed by atoms with E-state index in [2.05, 4.69) is 39.8 Å². The first-order valence-electron chi connectivity index (χ1n) is 6.38. The fraction of sp³-hybridized carbons (Fsp3) is 0.533. The molecule has 0 radical (unpaired) electrons. The van der Waals surface area contributed by atoms with Crippen LogP contribution < -0.4 is 10.5 Å². The molecule has 0 aromatic heterocycles. The lowest BCUT2D eigenvalue weighted by Crippen LogP contribution is -2.23. The van der Waals surface area contributed by atoms with Gasteiger partial charge in [0.2, 0.25) is 0 Å². The Labute approximate surface area is 116 Å². The van der Waals surface area contributed by atoms with Gasteiger partial charge < -0.3 is 10.5 Å². The maximum Gasteiger partial charge on any atom is 0.119 e. The summed E-state index contributed by atoms with van der Waals surface area (Å²) in [6.07, 6.45) is 1.61. The van der Waals surface area contributed by atoms with Crippen molar-refractivity contribution < 1.29 is 4.74 Å². The average molecular weight is 265 g/mol. The summed E-state index contributed by atoms with van der Waals surface area (Å²) in [5, 5.41) is 0. The second-order valence-corrected chi connectivity index (χ2v) is 6.12. The minimum Gasteiger partial charge on any atom is -0.490 e. The molecule has 1 aromatic rings. The van der Waals surface area contributed by atoms with E-state index in [4.69, 9.17) is 22.7 Å². The topological polar surface area (TPSA) is 35.2 Å². The second-order valence-electron chi connectivity index (χ2n) is 5.59. The number of rotatable bonds is 5. The van der Waals surface area contributed by atoms with E-state index in [-0.39, 0.29) is 11.5 Å². The number of thiocarbonyl (C=S) groups is 1. The highest BCUT2D eigenvalue weighted by molar-refractivity contribution is 7.80. The lowest BCUT2D eigenvalue weighted by atomic mass is 9.87. The Kier molecular flexibility index (Phi) is 5.15. The van der Waals surface area contributed by atoms with Crippen molar-refractivity contribution in [3.63, 3.8) is 0 Å². The average Bonchev–Trinajstić information content (AvgIpc) is 2.27. The Hall–Kier alpha value is -1.09. The molecule has 0 aliphatic heterocycles. The van der Waals surface area contributed by atoms with Crippen LogP contribution in [0.1, 0.15) is 46.1 Å². The fourth-order valence-electron chi connectivity index (χ4n) is 1.72. The smallest absolute Gasteiger partial charge is 0.119 e. The predicted octanol–water partition coefficient (Wildman–Crippen LogP) is 3.82. The van der Waals surface area contributed by atoms with Gasteiger partial charge in [-0.2, -0.15) is 0 Å². The zero-order valence-electron chi connectivity index (χ0n) is 11.7. The maximum absolute atomic E-state index is 5.87. The van der Waals surface area contributed by atoms with Crippen LogP contribution in [0.2, 0.25) is 0 Å². The Balaban J connectivity index is 2.71. The normalized spacial score (nSPS) is 13.1. The van der Waals surface area contributed by atoms with Gasteiger partial charge in [0.15, 0.2) is 0 Å². The van der Waals surface area contributed by atoms with Crippen molar-refractivity contribution in [2.45, 2.75) is 52.1 Å². The first-order chi connectivity index (χ1) is 8.32. The van der Waals surface area contributed by atoms with Gasteiger partial charge in [0.25, 0.3) is 0 Å². The van der Waals surface area contributed by atoms with Gasteiger partial charge in [-0.25, -0.2) is 0 Å². The van der Waals surface area contributed by atoms with Crippen LogP contribution in [0.4, 0.5) is 0 Å². The molecule has 0 heterocycles. The summed E-state index contributed by atoms with van der Waals surface area (Å²) in [5.74, 6) is 0.881. The molecule has 0 aliphatic carbocycles. The van der Waals surface area contributed by atoms with Gasteiger partial charge in [-0.1, -0.05) is 52.0 Å². The van der Waals surface area contributed by atoms with Gasteiger partial charge in [-0.15, -0.1) is 0 Å². The summed E-state index contributed by atoms with van der Waals surface area (Å²) in [6.45, 7) is 8.67. The second kappa shape index (κ2) is 6.19. The molecule has 100 valence electrons. The quantitative estimate of drug-likeness (QED) is 0.822. The monoisotopic (exact) mass is 265 g/mol. The number of ether oxygens (including phenoxy) is 1. The Morgan fingerprint density at radius 1 is 1.28 bits per heavy atom. The highest BCUT2D eigenvalue weighted by atomic mass is 32.1. The molecule has 0 saturated heterocycles. The van der Waals surface area contributed by atoms with Crippen LogP contribution in [0.15, 0.2) is 24.3 Å². The van der Waals surface area contributed by atoms with Gasteiger partial charge in [0.05, 0.1) is 4.99 Å². The first kappa shape index (κ1) is 15.0. The SMILES string of the molecule is CCC(CC(N)=S)Oc1ccc(C(C)(C)C)cc1. The summed E-state index contributed by atoms with van der Waals surface area (Å²) in [4.78, 5) is 0.508. The molecular weight excluding hydrogens is 242 g/mol. The summed E-state index contributed by atoms with van der Waals surface area (Å²) in [5.41, 5.74) is 7.03. The van der Waals surface area contributed by atoms with E-state index in [1.165, 1.54) is 5.56 Å². The molecule has 1 rings (SSSR count). The zero-order valence-corrected chi connectivity index (χ0v) is 12.5. The Morgan fingerprint density at radius 3 is 2.22 bits per heavy atom. The number of hydrogen-bond acceptors (Lipinski definition) is 2. The van der Waals surface area contributed by atoms with Gasteiger partial charge in [0.1, 0.15) is 11.9 Å². The third kappa shape index (κ3) is 4.65. The van der Waals surface area contributed by atoms with Crippen molar-refractivity contribution in [3.05, 3.63) is 29.8 Å². The molecule has 0 bridgehead atoms. The highest BCUT2D eigenvalue weighted by Crippen LogP contribution is 2.25. The number of benzene rings is 1. The van der Waals surface area contributed by atoms with E-state index < -0.39 is 0 Å². The molecule has 0 saturated carbocycles. The summed E-state index contributed by atoms with van der Waals surface area (Å²) in [6, 6.07) is 8.26. The van der Waals surface area contributed by atoms with Gasteiger partial charge in [0, 0.05) is 6.42 Å². The minimum atomic E-state index is 0.0722. The van der Waals surface area contributed by atoms with Crippen molar-refractivity contribution in [1.82, 2.24) is 0 Å². The molecule has 3 heteroatoms. The molecular formula is C15H23NOS. The Morgan fingerprint density at radius 2 is 1.83 bits per heavy atom. The molecule has 0 spiro atoms. The van der Waals surface area contributed by atoms with Crippen molar-refractivity contribution in [3.8, 4) is 5.75 Å². The minimum absolute atomic E-state index is 0.0722. The fourth-order valence-corrected chi connectivity index (χ4v) is 1.91. The third-order valence-corrected chi connectivity index (χ3v) is 3.07. The van der Waals surface area contributed by atoms with Crippen LogP contribution >= 0.6 is 12.2 Å². The van der Waals surface area contributed by atoms with Gasteiger partial charge >= 0.3 is 0 Å². The number of nitrogens with two attached hydrogens (primary N) is 1. The molecule has 2 N–H and O–H groups in total. The summed E-state index contributed by atoms with van der Waals surface area (Å²) < 4.78 is 5.87. The zero-order chi connectivity index (χ0) is 13.8. The molecule has 1 aromatic carbocycles. The molecule has 2 nitrogen and oxygen atoms in total. The van der Waals surface area contributed by atoms with Crippen LogP contribution in [0.3, 0.4) is 0 Å². The summed E-state index contributed by atoms with van der Waals surface area (Å²) >= 11 is 4.92. The van der Waals surface area contributed by atoms with Crippen LogP contribution in [-0.2, 0) is 5.41 Å². The predicted molar refractivity (Wildman–Crippen MR) is 81.3 cm³/mol. The molecule has 1 atom stereocenters. The highest BCUT2D eigenvalue weighted by Gasteiger charge is 2.14. The molecule has 1 unspecified atom stereocenters. The number of hydrogen-bond donors (Lipinski definition) is 1. The Bertz CT molecular complexity index is 392. The van der Waals surface area contributed by atoms with Crippen molar-refractivity contribution in [1.29, 1.82) is 0 Å². The molecule has 18 heavy (non-hydrogen) atoms. The van der Waals surface area contributed by atoms with Crippen LogP contribution in [0.5, 0.6) is 5.75 Å². The molecule has 0 amide bonds. The molecule has 0 aliphatic rings. The van der Waals surface area contributed by atoms with Crippen molar-refractivity contribution >= 4 is 17.2 Å². The van der Waals surface area contributed by atoms with Crippen molar-refractivity contribution in [2.75, 3.05) is 0 Å². The summed E-state index contributed by atoms with van der Waals surface area (Å²) in [7, 11) is 0. The van der Waals surface area contributed by atoms with E-state index in [0.717, 1.165) is 12.2 Å². The van der Waals surface area contributed by atoms with E-state index in [0.29, 0.717) is 11.4 Å². The largest absolute Gasteiger partial charge is 0.490 e. The molecule has 0 fully saturated rings. The first-order valence-corrected chi connectivity index (χ1v) is 6.79. The van der Waals surface area contributed by atoms with E-state index in [1.807, 2.05) is 12.1 Å². The third-order valence-electron chi connectivity index (χ3n) is 2.91. The lowest BCUT2D eigenvalue weighted by molar-refractivity contribution is 0.205. The standard InChI is InChI=1S/C15H23NOS/c1-5-12(10-14(16)18)17-13-8-6-11(7-9-13)15(2,3)4/h6-9,12H,5,10H2,1-4H3,(H2,16,18). The van der Waals surface area contributed by atoms with E-state index in [1.54, 1.807) is 0 Å².